The molecule has 0 bridgehead atoms. The Bertz CT molecular complexity index is 505. The zero-order valence-corrected chi connectivity index (χ0v) is 9.77. The third-order valence-electron chi connectivity index (χ3n) is 2.55. The Morgan fingerprint density at radius 3 is 2.88 bits per heavy atom. The summed E-state index contributed by atoms with van der Waals surface area (Å²) in [4.78, 5) is 4.38. The van der Waals surface area contributed by atoms with E-state index in [1.165, 1.54) is 0 Å². The van der Waals surface area contributed by atoms with E-state index in [4.69, 9.17) is 4.74 Å². The van der Waals surface area contributed by atoms with E-state index >= 15 is 0 Å². The molecule has 0 aliphatic heterocycles. The van der Waals surface area contributed by atoms with Crippen molar-refractivity contribution in [1.82, 2.24) is 9.38 Å². The smallest absolute Gasteiger partial charge is 0.198 e. The molecule has 0 fully saturated rings. The van der Waals surface area contributed by atoms with Crippen molar-refractivity contribution in [2.45, 2.75) is 27.1 Å². The number of hydrogen-bond donors (Lipinski definition) is 1. The van der Waals surface area contributed by atoms with E-state index in [0.717, 1.165) is 16.9 Å². The van der Waals surface area contributed by atoms with E-state index in [1.807, 2.05) is 43.5 Å². The number of hydrogen-bond acceptors (Lipinski definition) is 3. The zero-order chi connectivity index (χ0) is 11.7. The van der Waals surface area contributed by atoms with E-state index in [0.29, 0.717) is 12.3 Å². The van der Waals surface area contributed by atoms with Crippen molar-refractivity contribution in [2.24, 2.45) is 0 Å². The maximum atomic E-state index is 9.90. The molecule has 4 heteroatoms. The number of aryl methyl sites for hydroxylation is 2. The lowest BCUT2D eigenvalue weighted by Gasteiger charge is -2.11. The lowest BCUT2D eigenvalue weighted by atomic mass is 10.3. The van der Waals surface area contributed by atoms with Crippen LogP contribution >= 0.6 is 0 Å². The minimum Gasteiger partial charge on any atom is -0.363 e. The quantitative estimate of drug-likeness (QED) is 0.804. The SMILES string of the molecule is CCOC(O)c1c(C)nc2ccc(C)cn12. The van der Waals surface area contributed by atoms with Gasteiger partial charge in [-0.05, 0) is 32.4 Å². The van der Waals surface area contributed by atoms with Crippen LogP contribution in [0.25, 0.3) is 5.65 Å². The second-order valence-electron chi connectivity index (χ2n) is 3.82. The first-order valence-electron chi connectivity index (χ1n) is 5.38. The molecular weight excluding hydrogens is 204 g/mol. The van der Waals surface area contributed by atoms with Gasteiger partial charge < -0.3 is 9.84 Å². The Kier molecular flexibility index (Phi) is 2.94. The highest BCUT2D eigenvalue weighted by atomic mass is 16.6. The largest absolute Gasteiger partial charge is 0.363 e. The third kappa shape index (κ3) is 1.81. The summed E-state index contributed by atoms with van der Waals surface area (Å²) in [5.41, 5.74) is 3.46. The molecule has 0 spiro atoms. The fourth-order valence-corrected chi connectivity index (χ4v) is 1.82. The van der Waals surface area contributed by atoms with Crippen molar-refractivity contribution in [3.05, 3.63) is 35.3 Å². The highest BCUT2D eigenvalue weighted by molar-refractivity contribution is 5.44. The number of aliphatic hydroxyl groups excluding tert-OH is 1. The Hall–Kier alpha value is -1.39. The van der Waals surface area contributed by atoms with Crippen LogP contribution in [0.2, 0.25) is 0 Å². The van der Waals surface area contributed by atoms with Gasteiger partial charge in [-0.15, -0.1) is 0 Å². The second kappa shape index (κ2) is 4.23. The summed E-state index contributed by atoms with van der Waals surface area (Å²) in [5.74, 6) is 0. The topological polar surface area (TPSA) is 46.8 Å². The molecular formula is C12H16N2O2. The predicted octanol–water partition coefficient (Wildman–Crippen LogP) is 1.98. The van der Waals surface area contributed by atoms with E-state index < -0.39 is 6.29 Å². The van der Waals surface area contributed by atoms with Gasteiger partial charge in [0.2, 0.25) is 0 Å². The summed E-state index contributed by atoms with van der Waals surface area (Å²) in [7, 11) is 0. The summed E-state index contributed by atoms with van der Waals surface area (Å²) < 4.78 is 7.09. The van der Waals surface area contributed by atoms with Gasteiger partial charge in [0.15, 0.2) is 6.29 Å². The van der Waals surface area contributed by atoms with Crippen LogP contribution in [-0.2, 0) is 4.74 Å². The average Bonchev–Trinajstić information content (AvgIpc) is 2.53. The number of fused-ring (bicyclic) bond motifs is 1. The van der Waals surface area contributed by atoms with Gasteiger partial charge in [-0.3, -0.25) is 4.40 Å². The maximum Gasteiger partial charge on any atom is 0.198 e. The molecule has 0 radical (unpaired) electrons. The summed E-state index contributed by atoms with van der Waals surface area (Å²) in [6, 6.07) is 3.93. The van der Waals surface area contributed by atoms with Crippen molar-refractivity contribution in [1.29, 1.82) is 0 Å². The average molecular weight is 220 g/mol. The first kappa shape index (κ1) is 11.1. The van der Waals surface area contributed by atoms with E-state index in [2.05, 4.69) is 4.98 Å². The maximum absolute atomic E-state index is 9.90. The number of imidazole rings is 1. The molecule has 1 N–H and O–H groups in total. The van der Waals surface area contributed by atoms with Crippen molar-refractivity contribution in [2.75, 3.05) is 6.61 Å². The van der Waals surface area contributed by atoms with E-state index in [-0.39, 0.29) is 0 Å². The van der Waals surface area contributed by atoms with Gasteiger partial charge in [-0.25, -0.2) is 4.98 Å². The van der Waals surface area contributed by atoms with E-state index in [1.54, 1.807) is 0 Å². The van der Waals surface area contributed by atoms with Gasteiger partial charge in [0, 0.05) is 12.8 Å². The lowest BCUT2D eigenvalue weighted by Crippen LogP contribution is -2.07. The first-order valence-corrected chi connectivity index (χ1v) is 5.38. The minimum atomic E-state index is -0.915. The van der Waals surface area contributed by atoms with Gasteiger partial charge in [0.1, 0.15) is 11.3 Å². The molecule has 0 amide bonds. The Morgan fingerprint density at radius 1 is 1.44 bits per heavy atom. The van der Waals surface area contributed by atoms with E-state index in [9.17, 15) is 5.11 Å². The molecule has 16 heavy (non-hydrogen) atoms. The van der Waals surface area contributed by atoms with Crippen LogP contribution in [0.4, 0.5) is 0 Å². The first-order chi connectivity index (χ1) is 7.63. The minimum absolute atomic E-state index is 0.472. The van der Waals surface area contributed by atoms with Gasteiger partial charge in [-0.1, -0.05) is 6.07 Å². The number of nitrogens with zero attached hydrogens (tertiary/aromatic N) is 2. The molecule has 2 aromatic rings. The summed E-state index contributed by atoms with van der Waals surface area (Å²) in [5, 5.41) is 9.90. The van der Waals surface area contributed by atoms with Crippen LogP contribution in [-0.4, -0.2) is 21.1 Å². The number of ether oxygens (including phenoxy) is 1. The molecule has 0 saturated carbocycles. The Balaban J connectivity index is 2.58. The predicted molar refractivity (Wildman–Crippen MR) is 61.3 cm³/mol. The molecule has 0 aromatic carbocycles. The van der Waals surface area contributed by atoms with Gasteiger partial charge >= 0.3 is 0 Å². The second-order valence-corrected chi connectivity index (χ2v) is 3.82. The van der Waals surface area contributed by atoms with Crippen LogP contribution < -0.4 is 0 Å². The van der Waals surface area contributed by atoms with Crippen LogP contribution in [0.5, 0.6) is 0 Å². The third-order valence-corrected chi connectivity index (χ3v) is 2.55. The molecule has 4 nitrogen and oxygen atoms in total. The standard InChI is InChI=1S/C12H16N2O2/c1-4-16-12(15)11-9(3)13-10-6-5-8(2)7-14(10)11/h5-7,12,15H,4H2,1-3H3. The Morgan fingerprint density at radius 2 is 2.19 bits per heavy atom. The van der Waals surface area contributed by atoms with Crippen LogP contribution in [0.3, 0.4) is 0 Å². The van der Waals surface area contributed by atoms with Gasteiger partial charge in [0.05, 0.1) is 5.69 Å². The van der Waals surface area contributed by atoms with Crippen molar-refractivity contribution < 1.29 is 9.84 Å². The summed E-state index contributed by atoms with van der Waals surface area (Å²) in [6.45, 7) is 6.21. The highest BCUT2D eigenvalue weighted by Crippen LogP contribution is 2.21. The van der Waals surface area contributed by atoms with Crippen molar-refractivity contribution in [3.8, 4) is 0 Å². The molecule has 0 saturated heterocycles. The van der Waals surface area contributed by atoms with Crippen molar-refractivity contribution in [3.63, 3.8) is 0 Å². The number of aromatic nitrogens is 2. The van der Waals surface area contributed by atoms with Crippen molar-refractivity contribution >= 4 is 5.65 Å². The van der Waals surface area contributed by atoms with Crippen LogP contribution in [0.15, 0.2) is 18.3 Å². The fourth-order valence-electron chi connectivity index (χ4n) is 1.82. The molecule has 2 aromatic heterocycles. The molecule has 0 aliphatic rings. The van der Waals surface area contributed by atoms with Gasteiger partial charge in [0.25, 0.3) is 0 Å². The molecule has 2 heterocycles. The van der Waals surface area contributed by atoms with Gasteiger partial charge in [-0.2, -0.15) is 0 Å². The molecule has 0 aliphatic carbocycles. The zero-order valence-electron chi connectivity index (χ0n) is 9.77. The summed E-state index contributed by atoms with van der Waals surface area (Å²) in [6.07, 6.45) is 1.04. The lowest BCUT2D eigenvalue weighted by molar-refractivity contribution is -0.101. The number of aliphatic hydroxyl groups is 1. The molecule has 2 rings (SSSR count). The number of pyridine rings is 1. The monoisotopic (exact) mass is 220 g/mol. The summed E-state index contributed by atoms with van der Waals surface area (Å²) >= 11 is 0. The highest BCUT2D eigenvalue weighted by Gasteiger charge is 2.16. The fraction of sp³-hybridized carbons (Fsp3) is 0.417. The molecule has 86 valence electrons. The molecule has 1 atom stereocenters. The number of rotatable bonds is 3. The van der Waals surface area contributed by atoms with Crippen LogP contribution in [0.1, 0.15) is 30.2 Å². The normalized spacial score (nSPS) is 13.2. The Labute approximate surface area is 94.5 Å². The van der Waals surface area contributed by atoms with Crippen LogP contribution in [0, 0.1) is 13.8 Å². The molecule has 1 unspecified atom stereocenters.